The minimum atomic E-state index is -1.27. The molecule has 7 N–H and O–H groups in total. The monoisotopic (exact) mass is 548 g/mol. The SMILES string of the molecule is NCCSc1nccc(SC2=C(C(=O)O)N3C(=O)[C@@H](NC(=O)/C(=N\O)c4cccc(N)n4)[C@@H]3SC2)n1. The lowest BCUT2D eigenvalue weighted by Gasteiger charge is -2.49. The number of carboxylic acids is 1. The Morgan fingerprint density at radius 2 is 2.11 bits per heavy atom. The number of pyridine rings is 1. The molecule has 4 rings (SSSR count). The van der Waals surface area contributed by atoms with Crippen molar-refractivity contribution in [3.8, 4) is 0 Å². The maximum Gasteiger partial charge on any atom is 0.353 e. The molecule has 1 saturated heterocycles. The summed E-state index contributed by atoms with van der Waals surface area (Å²) in [6.45, 7) is 0.466. The zero-order valence-corrected chi connectivity index (χ0v) is 20.8. The Labute approximate surface area is 217 Å². The lowest BCUT2D eigenvalue weighted by atomic mass is 10.0. The number of oxime groups is 1. The Balaban J connectivity index is 1.51. The van der Waals surface area contributed by atoms with Crippen LogP contribution in [0.3, 0.4) is 0 Å². The van der Waals surface area contributed by atoms with Crippen molar-refractivity contribution >= 4 is 64.6 Å². The zero-order chi connectivity index (χ0) is 25.8. The van der Waals surface area contributed by atoms with E-state index in [1.54, 1.807) is 12.3 Å². The van der Waals surface area contributed by atoms with Gasteiger partial charge in [0.2, 0.25) is 0 Å². The first-order chi connectivity index (χ1) is 17.3. The van der Waals surface area contributed by atoms with Crippen molar-refractivity contribution in [1.29, 1.82) is 0 Å². The summed E-state index contributed by atoms with van der Waals surface area (Å²) in [5.74, 6) is -1.69. The summed E-state index contributed by atoms with van der Waals surface area (Å²) in [7, 11) is 0. The van der Waals surface area contributed by atoms with Gasteiger partial charge in [-0.25, -0.2) is 19.7 Å². The Morgan fingerprint density at radius 1 is 1.31 bits per heavy atom. The van der Waals surface area contributed by atoms with Crippen LogP contribution in [0.2, 0.25) is 0 Å². The van der Waals surface area contributed by atoms with Gasteiger partial charge in [-0.1, -0.05) is 34.7 Å². The first-order valence-corrected chi connectivity index (χ1v) is 13.2. The summed E-state index contributed by atoms with van der Waals surface area (Å²) in [5, 5.41) is 25.1. The van der Waals surface area contributed by atoms with E-state index in [-0.39, 0.29) is 23.0 Å². The molecule has 2 aromatic heterocycles. The molecule has 0 unspecified atom stereocenters. The molecule has 188 valence electrons. The van der Waals surface area contributed by atoms with Crippen LogP contribution in [0.5, 0.6) is 0 Å². The van der Waals surface area contributed by atoms with E-state index in [0.717, 1.165) is 16.7 Å². The molecule has 0 saturated carbocycles. The molecule has 0 radical (unpaired) electrons. The largest absolute Gasteiger partial charge is 0.477 e. The molecular formula is C20H20N8O5S3. The van der Waals surface area contributed by atoms with E-state index in [4.69, 9.17) is 11.5 Å². The predicted octanol–water partition coefficient (Wildman–Crippen LogP) is 0.171. The Bertz CT molecular complexity index is 1270. The fourth-order valence-corrected chi connectivity index (χ4v) is 6.49. The third-order valence-electron chi connectivity index (χ3n) is 4.94. The number of hydrogen-bond acceptors (Lipinski definition) is 13. The van der Waals surface area contributed by atoms with Crippen LogP contribution >= 0.6 is 35.3 Å². The lowest BCUT2D eigenvalue weighted by Crippen LogP contribution is -2.71. The van der Waals surface area contributed by atoms with Gasteiger partial charge in [0, 0.05) is 29.2 Å². The standard InChI is InChI=1S/C20H20N8O5S3/c21-5-7-34-20-23-6-4-12(25-20)36-10-8-35-18-14(17(30)28(18)15(10)19(31)32)26-16(29)13(27-33)9-2-1-3-11(22)24-9/h1-4,6,14,18,33H,5,7-8,21H2,(H2,22,24)(H,26,29)(H,31,32)/b27-13-/t14-,18+/m1/s1. The van der Waals surface area contributed by atoms with E-state index in [1.807, 2.05) is 0 Å². The summed E-state index contributed by atoms with van der Waals surface area (Å²) in [6.07, 6.45) is 1.57. The molecule has 0 aliphatic carbocycles. The molecule has 13 nitrogen and oxygen atoms in total. The Hall–Kier alpha value is -3.34. The number of amides is 2. The van der Waals surface area contributed by atoms with Crippen LogP contribution in [0.25, 0.3) is 0 Å². The van der Waals surface area contributed by atoms with Crippen LogP contribution in [0, 0.1) is 0 Å². The molecule has 0 aromatic carbocycles. The summed E-state index contributed by atoms with van der Waals surface area (Å²) < 4.78 is 0. The molecule has 2 atom stereocenters. The number of fused-ring (bicyclic) bond motifs is 1. The smallest absolute Gasteiger partial charge is 0.353 e. The highest BCUT2D eigenvalue weighted by molar-refractivity contribution is 8.06. The fraction of sp³-hybridized carbons (Fsp3) is 0.250. The normalized spacial score (nSPS) is 19.5. The molecule has 2 aliphatic rings. The number of thioether (sulfide) groups is 3. The highest BCUT2D eigenvalue weighted by Gasteiger charge is 2.54. The average molecular weight is 549 g/mol. The van der Waals surface area contributed by atoms with Crippen molar-refractivity contribution in [2.45, 2.75) is 21.6 Å². The number of β-lactam (4-membered cyclic amide) rings is 1. The molecule has 0 spiro atoms. The van der Waals surface area contributed by atoms with Crippen LogP contribution in [0.1, 0.15) is 5.69 Å². The van der Waals surface area contributed by atoms with Crippen molar-refractivity contribution in [2.24, 2.45) is 10.9 Å². The average Bonchev–Trinajstić information content (AvgIpc) is 2.86. The van der Waals surface area contributed by atoms with Gasteiger partial charge in [0.1, 0.15) is 33.7 Å². The van der Waals surface area contributed by atoms with E-state index >= 15 is 0 Å². The van der Waals surface area contributed by atoms with E-state index in [0.29, 0.717) is 27.4 Å². The third kappa shape index (κ3) is 5.25. The number of aromatic nitrogens is 3. The molecule has 2 aliphatic heterocycles. The van der Waals surface area contributed by atoms with Crippen LogP contribution in [0.4, 0.5) is 5.82 Å². The fourth-order valence-electron chi connectivity index (χ4n) is 3.40. The summed E-state index contributed by atoms with van der Waals surface area (Å²) in [6, 6.07) is 5.10. The second-order valence-corrected chi connectivity index (χ2v) is 10.5. The number of rotatable bonds is 9. The maximum atomic E-state index is 12.9. The lowest BCUT2D eigenvalue weighted by molar-refractivity contribution is -0.150. The molecular weight excluding hydrogens is 528 g/mol. The van der Waals surface area contributed by atoms with E-state index < -0.39 is 34.9 Å². The summed E-state index contributed by atoms with van der Waals surface area (Å²) in [4.78, 5) is 51.9. The first kappa shape index (κ1) is 25.7. The number of anilines is 1. The maximum absolute atomic E-state index is 12.9. The second kappa shape index (κ2) is 11.2. The topological polar surface area (TPSA) is 210 Å². The van der Waals surface area contributed by atoms with E-state index in [1.165, 1.54) is 41.7 Å². The van der Waals surface area contributed by atoms with Gasteiger partial charge in [0.25, 0.3) is 11.8 Å². The number of aliphatic carboxylic acids is 1. The predicted molar refractivity (Wildman–Crippen MR) is 134 cm³/mol. The number of nitrogens with zero attached hydrogens (tertiary/aromatic N) is 5. The molecule has 1 fully saturated rings. The number of nitrogens with two attached hydrogens (primary N) is 2. The molecule has 4 heterocycles. The summed E-state index contributed by atoms with van der Waals surface area (Å²) in [5.41, 5.74) is 10.6. The Kier molecular flexibility index (Phi) is 7.97. The van der Waals surface area contributed by atoms with Crippen molar-refractivity contribution in [1.82, 2.24) is 25.2 Å². The van der Waals surface area contributed by atoms with Gasteiger partial charge in [-0.2, -0.15) is 0 Å². The number of carboxylic acid groups (broad SMARTS) is 1. The minimum Gasteiger partial charge on any atom is -0.477 e. The quantitative estimate of drug-likeness (QED) is 0.0539. The number of hydrogen-bond donors (Lipinski definition) is 5. The number of nitrogens with one attached hydrogen (secondary N) is 1. The highest BCUT2D eigenvalue weighted by atomic mass is 32.2. The van der Waals surface area contributed by atoms with Crippen LogP contribution in [-0.2, 0) is 14.4 Å². The van der Waals surface area contributed by atoms with Crippen LogP contribution in [0.15, 0.2) is 56.4 Å². The van der Waals surface area contributed by atoms with Crippen molar-refractivity contribution < 1.29 is 24.7 Å². The van der Waals surface area contributed by atoms with E-state index in [9.17, 15) is 24.7 Å². The molecule has 2 amide bonds. The van der Waals surface area contributed by atoms with Gasteiger partial charge >= 0.3 is 5.97 Å². The van der Waals surface area contributed by atoms with Crippen LogP contribution in [-0.4, -0.2) is 83.1 Å². The number of nitrogen functional groups attached to an aromatic ring is 1. The number of carbonyl (C=O) groups excluding carboxylic acids is 2. The van der Waals surface area contributed by atoms with Gasteiger partial charge in [-0.3, -0.25) is 14.5 Å². The van der Waals surface area contributed by atoms with E-state index in [2.05, 4.69) is 25.4 Å². The van der Waals surface area contributed by atoms with Gasteiger partial charge in [-0.05, 0) is 18.2 Å². The second-order valence-electron chi connectivity index (χ2n) is 7.25. The molecule has 36 heavy (non-hydrogen) atoms. The van der Waals surface area contributed by atoms with Crippen molar-refractivity contribution in [2.75, 3.05) is 23.8 Å². The van der Waals surface area contributed by atoms with Gasteiger partial charge < -0.3 is 27.1 Å². The first-order valence-electron chi connectivity index (χ1n) is 10.3. The van der Waals surface area contributed by atoms with Crippen molar-refractivity contribution in [3.05, 3.63) is 46.8 Å². The highest BCUT2D eigenvalue weighted by Crippen LogP contribution is 2.44. The summed E-state index contributed by atoms with van der Waals surface area (Å²) >= 11 is 3.82. The number of carbonyl (C=O) groups is 3. The van der Waals surface area contributed by atoms with Gasteiger partial charge in [0.15, 0.2) is 10.9 Å². The zero-order valence-electron chi connectivity index (χ0n) is 18.4. The molecule has 16 heteroatoms. The Morgan fingerprint density at radius 3 is 2.81 bits per heavy atom. The van der Waals surface area contributed by atoms with Gasteiger partial charge in [-0.15, -0.1) is 11.8 Å². The van der Waals surface area contributed by atoms with Gasteiger partial charge in [0.05, 0.1) is 0 Å². The third-order valence-corrected chi connectivity index (χ3v) is 8.31. The molecule has 0 bridgehead atoms. The minimum absolute atomic E-state index is 0.0218. The molecule has 2 aromatic rings. The van der Waals surface area contributed by atoms with Crippen LogP contribution < -0.4 is 16.8 Å². The van der Waals surface area contributed by atoms with Crippen molar-refractivity contribution in [3.63, 3.8) is 0 Å².